The summed E-state index contributed by atoms with van der Waals surface area (Å²) in [4.78, 5) is 47.5. The van der Waals surface area contributed by atoms with Crippen LogP contribution in [0.4, 0.5) is 25.0 Å². The van der Waals surface area contributed by atoms with Crippen molar-refractivity contribution < 1.29 is 28.1 Å². The number of carbonyl (C=O) groups excluding carboxylic acids is 3. The Morgan fingerprint density at radius 1 is 1.07 bits per heavy atom. The van der Waals surface area contributed by atoms with Crippen molar-refractivity contribution >= 4 is 29.2 Å². The predicted molar refractivity (Wildman–Crippen MR) is 96.5 cm³/mol. The lowest BCUT2D eigenvalue weighted by atomic mass is 10.1. The molecule has 0 aliphatic carbocycles. The second-order valence-electron chi connectivity index (χ2n) is 6.11. The minimum atomic E-state index is -0.930. The van der Waals surface area contributed by atoms with Crippen molar-refractivity contribution in [2.24, 2.45) is 0 Å². The molecule has 0 fully saturated rings. The van der Waals surface area contributed by atoms with Gasteiger partial charge in [-0.25, -0.2) is 13.6 Å². The van der Waals surface area contributed by atoms with Gasteiger partial charge in [-0.1, -0.05) is 0 Å². The van der Waals surface area contributed by atoms with Crippen LogP contribution in [0, 0.1) is 21.7 Å². The van der Waals surface area contributed by atoms with Crippen molar-refractivity contribution in [2.75, 3.05) is 18.4 Å². The molecule has 0 aromatic heterocycles. The van der Waals surface area contributed by atoms with Crippen molar-refractivity contribution in [3.8, 4) is 0 Å². The standard InChI is InChI=1S/C18H14F2N4O5/c19-10-2-5-15(14(20)8-10)22-18(27)21-6-1-7-23-16(25)12-4-3-11(24(28)29)9-13(12)17(23)26/h2-5,8-9H,1,6-7H2,(H2,21,22,27). The zero-order valence-electron chi connectivity index (χ0n) is 14.8. The number of fused-ring (bicyclic) bond motifs is 1. The minimum Gasteiger partial charge on any atom is -0.338 e. The van der Waals surface area contributed by atoms with E-state index < -0.39 is 34.4 Å². The fraction of sp³-hybridized carbons (Fsp3) is 0.167. The first-order valence-corrected chi connectivity index (χ1v) is 8.42. The molecule has 0 radical (unpaired) electrons. The van der Waals surface area contributed by atoms with Crippen LogP contribution >= 0.6 is 0 Å². The molecule has 2 aromatic carbocycles. The molecule has 11 heteroatoms. The number of anilines is 1. The number of hydrogen-bond acceptors (Lipinski definition) is 5. The highest BCUT2D eigenvalue weighted by molar-refractivity contribution is 6.21. The smallest absolute Gasteiger partial charge is 0.319 e. The number of rotatable bonds is 6. The molecule has 0 bridgehead atoms. The predicted octanol–water partition coefficient (Wildman–Crippen LogP) is 2.68. The van der Waals surface area contributed by atoms with E-state index in [1.165, 1.54) is 6.07 Å². The summed E-state index contributed by atoms with van der Waals surface area (Å²) in [6, 6.07) is 5.38. The number of nitrogens with zero attached hydrogens (tertiary/aromatic N) is 2. The number of nitro groups is 1. The molecule has 1 aliphatic heterocycles. The van der Waals surface area contributed by atoms with Gasteiger partial charge in [-0.2, -0.15) is 0 Å². The summed E-state index contributed by atoms with van der Waals surface area (Å²) in [5.74, 6) is -2.93. The van der Waals surface area contributed by atoms with E-state index in [9.17, 15) is 33.3 Å². The van der Waals surface area contributed by atoms with Crippen LogP contribution < -0.4 is 10.6 Å². The first-order valence-electron chi connectivity index (χ1n) is 8.42. The van der Waals surface area contributed by atoms with Gasteiger partial charge in [0.15, 0.2) is 0 Å². The van der Waals surface area contributed by atoms with Crippen LogP contribution in [0.2, 0.25) is 0 Å². The molecule has 0 unspecified atom stereocenters. The summed E-state index contributed by atoms with van der Waals surface area (Å²) in [6.07, 6.45) is 0.201. The second-order valence-corrected chi connectivity index (χ2v) is 6.11. The Balaban J connectivity index is 1.51. The molecule has 9 nitrogen and oxygen atoms in total. The Labute approximate surface area is 162 Å². The van der Waals surface area contributed by atoms with E-state index in [4.69, 9.17) is 0 Å². The highest BCUT2D eigenvalue weighted by Gasteiger charge is 2.36. The average molecular weight is 404 g/mol. The van der Waals surface area contributed by atoms with Gasteiger partial charge in [0.05, 0.1) is 21.7 Å². The van der Waals surface area contributed by atoms with E-state index in [1.54, 1.807) is 0 Å². The topological polar surface area (TPSA) is 122 Å². The molecule has 2 aromatic rings. The zero-order valence-corrected chi connectivity index (χ0v) is 14.8. The molecule has 1 heterocycles. The van der Waals surface area contributed by atoms with Gasteiger partial charge in [-0.15, -0.1) is 0 Å². The van der Waals surface area contributed by atoms with Crippen LogP contribution in [0.25, 0.3) is 0 Å². The van der Waals surface area contributed by atoms with Gasteiger partial charge in [-0.05, 0) is 24.6 Å². The van der Waals surface area contributed by atoms with E-state index >= 15 is 0 Å². The minimum absolute atomic E-state index is 0.0225. The summed E-state index contributed by atoms with van der Waals surface area (Å²) in [5.41, 5.74) is -0.455. The van der Waals surface area contributed by atoms with E-state index in [0.29, 0.717) is 6.07 Å². The highest BCUT2D eigenvalue weighted by Crippen LogP contribution is 2.26. The highest BCUT2D eigenvalue weighted by atomic mass is 19.1. The van der Waals surface area contributed by atoms with Crippen LogP contribution in [0.5, 0.6) is 0 Å². The van der Waals surface area contributed by atoms with Gasteiger partial charge in [0.1, 0.15) is 11.6 Å². The maximum absolute atomic E-state index is 13.5. The first-order chi connectivity index (χ1) is 13.8. The van der Waals surface area contributed by atoms with Crippen molar-refractivity contribution in [3.05, 3.63) is 69.3 Å². The van der Waals surface area contributed by atoms with Crippen LogP contribution in [0.3, 0.4) is 0 Å². The number of amides is 4. The molecular weight excluding hydrogens is 390 g/mol. The monoisotopic (exact) mass is 404 g/mol. The van der Waals surface area contributed by atoms with Gasteiger partial charge < -0.3 is 10.6 Å². The molecule has 0 saturated heterocycles. The average Bonchev–Trinajstić information content (AvgIpc) is 2.91. The Morgan fingerprint density at radius 2 is 1.79 bits per heavy atom. The molecular formula is C18H14F2N4O5. The Kier molecular flexibility index (Phi) is 5.48. The van der Waals surface area contributed by atoms with E-state index in [-0.39, 0.29) is 42.0 Å². The van der Waals surface area contributed by atoms with Crippen LogP contribution in [-0.2, 0) is 0 Å². The molecule has 2 N–H and O–H groups in total. The lowest BCUT2D eigenvalue weighted by Gasteiger charge is -2.14. The third-order valence-corrected chi connectivity index (χ3v) is 4.19. The fourth-order valence-electron chi connectivity index (χ4n) is 2.79. The van der Waals surface area contributed by atoms with Gasteiger partial charge in [0, 0.05) is 31.3 Å². The SMILES string of the molecule is O=C(NCCCN1C(=O)c2ccc([N+](=O)[O-])cc2C1=O)Nc1ccc(F)cc1F. The van der Waals surface area contributed by atoms with Crippen LogP contribution in [0.15, 0.2) is 36.4 Å². The summed E-state index contributed by atoms with van der Waals surface area (Å²) in [5, 5.41) is 15.5. The van der Waals surface area contributed by atoms with Gasteiger partial charge in [-0.3, -0.25) is 24.6 Å². The summed E-state index contributed by atoms with van der Waals surface area (Å²) >= 11 is 0. The third-order valence-electron chi connectivity index (χ3n) is 4.19. The molecule has 0 saturated carbocycles. The van der Waals surface area contributed by atoms with Gasteiger partial charge in [0.25, 0.3) is 17.5 Å². The van der Waals surface area contributed by atoms with Crippen molar-refractivity contribution in [1.29, 1.82) is 0 Å². The quantitative estimate of drug-likeness (QED) is 0.332. The number of nitrogens with one attached hydrogen (secondary N) is 2. The summed E-state index contributed by atoms with van der Waals surface area (Å²) < 4.78 is 26.3. The molecule has 0 spiro atoms. The van der Waals surface area contributed by atoms with Crippen molar-refractivity contribution in [2.45, 2.75) is 6.42 Å². The van der Waals surface area contributed by atoms with Gasteiger partial charge >= 0.3 is 6.03 Å². The lowest BCUT2D eigenvalue weighted by Crippen LogP contribution is -2.35. The fourth-order valence-corrected chi connectivity index (χ4v) is 2.79. The number of benzene rings is 2. The molecule has 150 valence electrons. The molecule has 29 heavy (non-hydrogen) atoms. The Bertz CT molecular complexity index is 1030. The largest absolute Gasteiger partial charge is 0.338 e. The Hall–Kier alpha value is -3.89. The summed E-state index contributed by atoms with van der Waals surface area (Å²) in [6.45, 7) is 0.0353. The number of imide groups is 1. The molecule has 0 atom stereocenters. The lowest BCUT2D eigenvalue weighted by molar-refractivity contribution is -0.384. The summed E-state index contributed by atoms with van der Waals surface area (Å²) in [7, 11) is 0. The number of urea groups is 1. The van der Waals surface area contributed by atoms with E-state index in [0.717, 1.165) is 29.2 Å². The van der Waals surface area contributed by atoms with Gasteiger partial charge in [0.2, 0.25) is 0 Å². The van der Waals surface area contributed by atoms with Crippen LogP contribution in [0.1, 0.15) is 27.1 Å². The maximum Gasteiger partial charge on any atom is 0.319 e. The number of carbonyl (C=O) groups is 3. The maximum atomic E-state index is 13.5. The van der Waals surface area contributed by atoms with Crippen LogP contribution in [-0.4, -0.2) is 40.8 Å². The van der Waals surface area contributed by atoms with Crippen molar-refractivity contribution in [1.82, 2.24) is 10.2 Å². The molecule has 3 rings (SSSR count). The first kappa shape index (κ1) is 19.9. The zero-order chi connectivity index (χ0) is 21.1. The van der Waals surface area contributed by atoms with E-state index in [2.05, 4.69) is 10.6 Å². The third kappa shape index (κ3) is 4.18. The molecule has 4 amide bonds. The van der Waals surface area contributed by atoms with E-state index in [1.807, 2.05) is 0 Å². The number of halogens is 2. The number of hydrogen-bond donors (Lipinski definition) is 2. The Morgan fingerprint density at radius 3 is 2.48 bits per heavy atom. The normalized spacial score (nSPS) is 12.7. The number of non-ortho nitro benzene ring substituents is 1. The second kappa shape index (κ2) is 8.00. The number of nitro benzene ring substituents is 1. The van der Waals surface area contributed by atoms with Crippen molar-refractivity contribution in [3.63, 3.8) is 0 Å². The molecule has 1 aliphatic rings.